The van der Waals surface area contributed by atoms with E-state index in [9.17, 15) is 9.59 Å². The zero-order valence-electron chi connectivity index (χ0n) is 10.1. The molecule has 1 rings (SSSR count). The van der Waals surface area contributed by atoms with Crippen LogP contribution in [0, 0.1) is 0 Å². The lowest BCUT2D eigenvalue weighted by molar-refractivity contribution is -0.129. The molecule has 98 valence electrons. The van der Waals surface area contributed by atoms with Crippen molar-refractivity contribution in [2.45, 2.75) is 0 Å². The van der Waals surface area contributed by atoms with Gasteiger partial charge in [0.1, 0.15) is 11.5 Å². The fraction of sp³-hybridized carbons (Fsp3) is 0. The minimum Gasteiger partial charge on any atom is -0.423 e. The van der Waals surface area contributed by atoms with Crippen LogP contribution in [0.15, 0.2) is 50.1 Å². The van der Waals surface area contributed by atoms with E-state index in [-0.39, 0.29) is 11.5 Å². The van der Waals surface area contributed by atoms with Gasteiger partial charge in [-0.2, -0.15) is 0 Å². The summed E-state index contributed by atoms with van der Waals surface area (Å²) in [6.45, 7) is 10.2. The monoisotopic (exact) mass is 276 g/mol. The first-order valence-corrected chi connectivity index (χ1v) is 5.63. The molecule has 0 N–H and O–H groups in total. The molecule has 0 aliphatic heterocycles. The third kappa shape index (κ3) is 4.48. The lowest BCUT2D eigenvalue weighted by Gasteiger charge is -2.08. The van der Waals surface area contributed by atoms with Gasteiger partial charge in [-0.1, -0.05) is 19.7 Å². The summed E-state index contributed by atoms with van der Waals surface area (Å²) >= 11 is 4.09. The lowest BCUT2D eigenvalue weighted by Crippen LogP contribution is -2.06. The molecule has 0 radical (unpaired) electrons. The molecule has 0 fully saturated rings. The van der Waals surface area contributed by atoms with Crippen molar-refractivity contribution in [1.82, 2.24) is 0 Å². The van der Waals surface area contributed by atoms with Crippen LogP contribution in [0.25, 0.3) is 4.91 Å². The maximum Gasteiger partial charge on any atom is 0.335 e. The van der Waals surface area contributed by atoms with Crippen LogP contribution in [-0.4, -0.2) is 11.9 Å². The molecule has 0 unspecified atom stereocenters. The normalized spacial score (nSPS) is 9.32. The van der Waals surface area contributed by atoms with Crippen molar-refractivity contribution in [3.63, 3.8) is 0 Å². The predicted molar refractivity (Wildman–Crippen MR) is 76.1 cm³/mol. The summed E-state index contributed by atoms with van der Waals surface area (Å²) in [5.74, 6) is -0.847. The molecule has 0 saturated carbocycles. The second kappa shape index (κ2) is 6.61. The number of carbonyl (C=O) groups is 2. The largest absolute Gasteiger partial charge is 0.423 e. The standard InChI is InChI=1S/C14H12O4S/c1-4-13(15)17-11-6-10(9(3)19)7-12(8-11)18-14(16)5-2/h4-8,19H,1-3H2. The molecule has 0 heterocycles. The summed E-state index contributed by atoms with van der Waals surface area (Å²) in [6.07, 6.45) is 2.05. The van der Waals surface area contributed by atoms with Gasteiger partial charge in [-0.3, -0.25) is 0 Å². The lowest BCUT2D eigenvalue weighted by atomic mass is 10.2. The number of hydrogen-bond donors (Lipinski definition) is 1. The van der Waals surface area contributed by atoms with E-state index in [4.69, 9.17) is 9.47 Å². The zero-order chi connectivity index (χ0) is 14.4. The topological polar surface area (TPSA) is 52.6 Å². The van der Waals surface area contributed by atoms with E-state index < -0.39 is 11.9 Å². The van der Waals surface area contributed by atoms with Crippen LogP contribution in [0.2, 0.25) is 0 Å². The van der Waals surface area contributed by atoms with Crippen molar-refractivity contribution in [3.05, 3.63) is 55.7 Å². The Morgan fingerprint density at radius 3 is 1.74 bits per heavy atom. The molecular formula is C14H12O4S. The van der Waals surface area contributed by atoms with E-state index in [1.165, 1.54) is 6.07 Å². The highest BCUT2D eigenvalue weighted by Gasteiger charge is 2.08. The first-order valence-electron chi connectivity index (χ1n) is 5.18. The average Bonchev–Trinajstić information content (AvgIpc) is 2.37. The number of benzene rings is 1. The predicted octanol–water partition coefficient (Wildman–Crippen LogP) is 2.77. The number of esters is 2. The first kappa shape index (κ1) is 14.8. The highest BCUT2D eigenvalue weighted by atomic mass is 32.1. The van der Waals surface area contributed by atoms with Crippen LogP contribution in [0.5, 0.6) is 11.5 Å². The highest BCUT2D eigenvalue weighted by molar-refractivity contribution is 7.90. The van der Waals surface area contributed by atoms with Gasteiger partial charge in [0, 0.05) is 23.1 Å². The zero-order valence-corrected chi connectivity index (χ0v) is 11.0. The molecule has 0 bridgehead atoms. The molecule has 0 aliphatic rings. The van der Waals surface area contributed by atoms with Gasteiger partial charge in [0.15, 0.2) is 0 Å². The molecule has 19 heavy (non-hydrogen) atoms. The van der Waals surface area contributed by atoms with Crippen molar-refractivity contribution in [3.8, 4) is 11.5 Å². The van der Waals surface area contributed by atoms with Gasteiger partial charge in [-0.25, -0.2) is 9.59 Å². The van der Waals surface area contributed by atoms with Gasteiger partial charge < -0.3 is 9.47 Å². The van der Waals surface area contributed by atoms with Crippen molar-refractivity contribution in [2.75, 3.05) is 0 Å². The Hall–Kier alpha value is -2.27. The maximum atomic E-state index is 11.1. The van der Waals surface area contributed by atoms with Crippen LogP contribution in [0.1, 0.15) is 5.56 Å². The fourth-order valence-corrected chi connectivity index (χ4v) is 1.30. The smallest absolute Gasteiger partial charge is 0.335 e. The number of ether oxygens (including phenoxy) is 2. The van der Waals surface area contributed by atoms with Crippen molar-refractivity contribution < 1.29 is 19.1 Å². The van der Waals surface area contributed by atoms with Crippen LogP contribution in [0.4, 0.5) is 0 Å². The number of rotatable bonds is 5. The van der Waals surface area contributed by atoms with E-state index in [2.05, 4.69) is 32.4 Å². The molecule has 0 spiro atoms. The number of carbonyl (C=O) groups excluding carboxylic acids is 2. The molecule has 0 aromatic heterocycles. The third-order valence-corrected chi connectivity index (χ3v) is 2.24. The van der Waals surface area contributed by atoms with Crippen LogP contribution in [0.3, 0.4) is 0 Å². The molecule has 1 aromatic carbocycles. The van der Waals surface area contributed by atoms with Crippen molar-refractivity contribution >= 4 is 29.5 Å². The Morgan fingerprint density at radius 1 is 1.00 bits per heavy atom. The van der Waals surface area contributed by atoms with Gasteiger partial charge >= 0.3 is 11.9 Å². The van der Waals surface area contributed by atoms with Crippen molar-refractivity contribution in [2.24, 2.45) is 0 Å². The van der Waals surface area contributed by atoms with E-state index in [0.717, 1.165) is 12.2 Å². The summed E-state index contributed by atoms with van der Waals surface area (Å²) in [5.41, 5.74) is 0.560. The minimum absolute atomic E-state index is 0.199. The molecule has 0 saturated heterocycles. The number of thiol groups is 1. The maximum absolute atomic E-state index is 11.1. The average molecular weight is 276 g/mol. The molecule has 0 amide bonds. The van der Waals surface area contributed by atoms with E-state index in [0.29, 0.717) is 10.5 Å². The summed E-state index contributed by atoms with van der Waals surface area (Å²) in [4.78, 5) is 22.7. The molecule has 0 aliphatic carbocycles. The summed E-state index contributed by atoms with van der Waals surface area (Å²) in [5, 5.41) is 0. The summed E-state index contributed by atoms with van der Waals surface area (Å²) in [6, 6.07) is 4.48. The molecule has 0 atom stereocenters. The van der Waals surface area contributed by atoms with Gasteiger partial charge in [0.2, 0.25) is 0 Å². The second-order valence-corrected chi connectivity index (χ2v) is 3.93. The summed E-state index contributed by atoms with van der Waals surface area (Å²) in [7, 11) is 0. The Labute approximate surface area is 116 Å². The van der Waals surface area contributed by atoms with Crippen molar-refractivity contribution in [1.29, 1.82) is 0 Å². The fourth-order valence-electron chi connectivity index (χ4n) is 1.17. The van der Waals surface area contributed by atoms with Gasteiger partial charge in [-0.05, 0) is 17.7 Å². The van der Waals surface area contributed by atoms with E-state index in [1.807, 2.05) is 0 Å². The quantitative estimate of drug-likeness (QED) is 0.389. The van der Waals surface area contributed by atoms with Gasteiger partial charge in [0.05, 0.1) is 0 Å². The highest BCUT2D eigenvalue weighted by Crippen LogP contribution is 2.28. The molecule has 5 heteroatoms. The second-order valence-electron chi connectivity index (χ2n) is 3.39. The Balaban J connectivity index is 3.13. The van der Waals surface area contributed by atoms with Gasteiger partial charge in [-0.15, -0.1) is 12.6 Å². The Bertz CT molecular complexity index is 520. The van der Waals surface area contributed by atoms with E-state index >= 15 is 0 Å². The molecule has 4 nitrogen and oxygen atoms in total. The summed E-state index contributed by atoms with van der Waals surface area (Å²) < 4.78 is 9.92. The van der Waals surface area contributed by atoms with Crippen LogP contribution >= 0.6 is 12.6 Å². The molecule has 1 aromatic rings. The third-order valence-electron chi connectivity index (χ3n) is 1.98. The molecular weight excluding hydrogens is 264 g/mol. The first-order chi connectivity index (χ1) is 8.96. The number of hydrogen-bond acceptors (Lipinski definition) is 5. The van der Waals surface area contributed by atoms with E-state index in [1.54, 1.807) is 12.1 Å². The van der Waals surface area contributed by atoms with Crippen LogP contribution in [-0.2, 0) is 9.59 Å². The SMILES string of the molecule is C=CC(=O)Oc1cc(OC(=O)C=C)cc(C(=C)S)c1. The van der Waals surface area contributed by atoms with Crippen LogP contribution < -0.4 is 9.47 Å². The van der Waals surface area contributed by atoms with Gasteiger partial charge in [0.25, 0.3) is 0 Å². The minimum atomic E-state index is -0.622. The Kier molecular flexibility index (Phi) is 5.14. The Morgan fingerprint density at radius 2 is 1.42 bits per heavy atom.